The molecule has 0 atom stereocenters. The van der Waals surface area contributed by atoms with Crippen LogP contribution >= 0.6 is 0 Å². The number of nitrogen functional groups attached to an aromatic ring is 1. The molecule has 2 heterocycles. The highest BCUT2D eigenvalue weighted by Gasteiger charge is 2.17. The Morgan fingerprint density at radius 1 is 1.33 bits per heavy atom. The Bertz CT molecular complexity index is 584. The Morgan fingerprint density at radius 3 is 2.76 bits per heavy atom. The first-order chi connectivity index (χ1) is 10.0. The monoisotopic (exact) mass is 293 g/mol. The zero-order valence-corrected chi connectivity index (χ0v) is 13.6. The summed E-state index contributed by atoms with van der Waals surface area (Å²) in [5.74, 6) is 1.14. The summed E-state index contributed by atoms with van der Waals surface area (Å²) in [5, 5.41) is 4.56. The van der Waals surface area contributed by atoms with E-state index in [9.17, 15) is 0 Å². The molecular weight excluding hydrogens is 266 g/mol. The average molecular weight is 293 g/mol. The predicted molar refractivity (Wildman–Crippen MR) is 85.2 cm³/mol. The number of anilines is 1. The van der Waals surface area contributed by atoms with Crippen molar-refractivity contribution in [2.75, 3.05) is 18.9 Å². The molecule has 0 aliphatic heterocycles. The number of nitrogens with zero attached hydrogens (tertiary/aromatic N) is 4. The van der Waals surface area contributed by atoms with E-state index in [4.69, 9.17) is 10.5 Å². The third kappa shape index (κ3) is 3.56. The number of rotatable bonds is 8. The van der Waals surface area contributed by atoms with Gasteiger partial charge in [-0.2, -0.15) is 5.10 Å². The molecule has 2 rings (SSSR count). The van der Waals surface area contributed by atoms with Crippen LogP contribution in [0.2, 0.25) is 0 Å². The van der Waals surface area contributed by atoms with Crippen LogP contribution in [0.15, 0.2) is 0 Å². The van der Waals surface area contributed by atoms with Gasteiger partial charge in [-0.1, -0.05) is 27.2 Å². The van der Waals surface area contributed by atoms with Gasteiger partial charge in [-0.25, -0.2) is 4.98 Å². The highest BCUT2D eigenvalue weighted by molar-refractivity contribution is 5.77. The minimum atomic E-state index is 0.569. The van der Waals surface area contributed by atoms with Gasteiger partial charge >= 0.3 is 0 Å². The van der Waals surface area contributed by atoms with Crippen LogP contribution in [0.4, 0.5) is 5.95 Å². The molecule has 0 bridgehead atoms. The molecule has 0 fully saturated rings. The summed E-state index contributed by atoms with van der Waals surface area (Å²) in [6, 6.07) is 0. The molecule has 2 N–H and O–H groups in total. The zero-order chi connectivity index (χ0) is 15.4. The lowest BCUT2D eigenvalue weighted by atomic mass is 10.2. The van der Waals surface area contributed by atoms with E-state index < -0.39 is 0 Å². The molecule has 0 spiro atoms. The molecule has 0 unspecified atom stereocenters. The lowest BCUT2D eigenvalue weighted by Gasteiger charge is -2.09. The Hall–Kier alpha value is -1.56. The largest absolute Gasteiger partial charge is 0.381 e. The molecule has 0 aliphatic rings. The minimum Gasteiger partial charge on any atom is -0.381 e. The van der Waals surface area contributed by atoms with Gasteiger partial charge in [0, 0.05) is 26.8 Å². The fourth-order valence-corrected chi connectivity index (χ4v) is 2.53. The van der Waals surface area contributed by atoms with Crippen molar-refractivity contribution in [1.82, 2.24) is 19.3 Å². The number of ether oxygens (including phenoxy) is 1. The molecule has 0 saturated heterocycles. The van der Waals surface area contributed by atoms with Gasteiger partial charge in [0.15, 0.2) is 5.65 Å². The molecule has 2 aromatic rings. The second-order valence-electron chi connectivity index (χ2n) is 5.94. The molecule has 21 heavy (non-hydrogen) atoms. The smallest absolute Gasteiger partial charge is 0.202 e. The summed E-state index contributed by atoms with van der Waals surface area (Å²) < 4.78 is 9.55. The van der Waals surface area contributed by atoms with Crippen LogP contribution in [0.25, 0.3) is 11.2 Å². The summed E-state index contributed by atoms with van der Waals surface area (Å²) in [7, 11) is 1.95. The van der Waals surface area contributed by atoms with E-state index in [1.54, 1.807) is 0 Å². The van der Waals surface area contributed by atoms with Gasteiger partial charge in [0.05, 0.1) is 5.69 Å². The van der Waals surface area contributed by atoms with Crippen LogP contribution in [0.3, 0.4) is 0 Å². The number of hydrogen-bond donors (Lipinski definition) is 1. The Kier molecular flexibility index (Phi) is 5.22. The van der Waals surface area contributed by atoms with E-state index in [1.807, 2.05) is 16.3 Å². The van der Waals surface area contributed by atoms with E-state index in [0.717, 1.165) is 55.9 Å². The van der Waals surface area contributed by atoms with Crippen molar-refractivity contribution in [2.45, 2.75) is 46.6 Å². The van der Waals surface area contributed by atoms with Crippen LogP contribution in [0, 0.1) is 5.92 Å². The maximum Gasteiger partial charge on any atom is 0.202 e. The van der Waals surface area contributed by atoms with E-state index in [1.165, 1.54) is 0 Å². The van der Waals surface area contributed by atoms with Gasteiger partial charge in [0.1, 0.15) is 5.52 Å². The minimum absolute atomic E-state index is 0.569. The molecule has 0 saturated carbocycles. The summed E-state index contributed by atoms with van der Waals surface area (Å²) in [4.78, 5) is 4.50. The number of aryl methyl sites for hydroxylation is 3. The second-order valence-corrected chi connectivity index (χ2v) is 5.94. The molecule has 118 valence electrons. The van der Waals surface area contributed by atoms with Crippen molar-refractivity contribution in [3.63, 3.8) is 0 Å². The highest BCUT2D eigenvalue weighted by atomic mass is 16.5. The zero-order valence-electron chi connectivity index (χ0n) is 13.6. The van der Waals surface area contributed by atoms with E-state index >= 15 is 0 Å². The number of imidazole rings is 1. The van der Waals surface area contributed by atoms with Crippen LogP contribution in [-0.2, 0) is 24.8 Å². The van der Waals surface area contributed by atoms with Crippen molar-refractivity contribution < 1.29 is 4.74 Å². The fourth-order valence-electron chi connectivity index (χ4n) is 2.53. The lowest BCUT2D eigenvalue weighted by molar-refractivity contribution is 0.105. The molecular formula is C15H27N5O. The van der Waals surface area contributed by atoms with Crippen LogP contribution in [-0.4, -0.2) is 32.5 Å². The molecule has 0 aromatic carbocycles. The molecule has 2 aromatic heterocycles. The molecule has 6 nitrogen and oxygen atoms in total. The number of aromatic nitrogens is 4. The fraction of sp³-hybridized carbons (Fsp3) is 0.733. The Morgan fingerprint density at radius 2 is 2.10 bits per heavy atom. The van der Waals surface area contributed by atoms with E-state index in [0.29, 0.717) is 11.9 Å². The summed E-state index contributed by atoms with van der Waals surface area (Å²) in [6.45, 7) is 8.82. The first-order valence-corrected chi connectivity index (χ1v) is 7.79. The highest BCUT2D eigenvalue weighted by Crippen LogP contribution is 2.22. The topological polar surface area (TPSA) is 70.9 Å². The van der Waals surface area contributed by atoms with Crippen molar-refractivity contribution in [3.8, 4) is 0 Å². The summed E-state index contributed by atoms with van der Waals surface area (Å²) in [5.41, 5.74) is 9.06. The third-order valence-electron chi connectivity index (χ3n) is 3.43. The van der Waals surface area contributed by atoms with Crippen LogP contribution in [0.5, 0.6) is 0 Å². The van der Waals surface area contributed by atoms with E-state index in [-0.39, 0.29) is 0 Å². The Balaban J connectivity index is 2.07. The number of hydrogen-bond acceptors (Lipinski definition) is 4. The van der Waals surface area contributed by atoms with Crippen molar-refractivity contribution in [1.29, 1.82) is 0 Å². The first-order valence-electron chi connectivity index (χ1n) is 7.79. The van der Waals surface area contributed by atoms with Crippen LogP contribution < -0.4 is 5.73 Å². The van der Waals surface area contributed by atoms with Crippen molar-refractivity contribution in [3.05, 3.63) is 5.69 Å². The van der Waals surface area contributed by atoms with Gasteiger partial charge < -0.3 is 10.5 Å². The van der Waals surface area contributed by atoms with Gasteiger partial charge in [0.25, 0.3) is 0 Å². The van der Waals surface area contributed by atoms with Gasteiger partial charge in [0.2, 0.25) is 5.95 Å². The number of nitrogens with two attached hydrogens (primary N) is 1. The maximum atomic E-state index is 6.06. The molecule has 0 radical (unpaired) electrons. The third-order valence-corrected chi connectivity index (χ3v) is 3.43. The standard InChI is InChI=1S/C15H27N5O/c1-5-7-12-13-14(19(4)18-12)20(15(16)17-13)8-6-9-21-10-11(2)3/h11H,5-10H2,1-4H3,(H2,16,17). The van der Waals surface area contributed by atoms with Crippen LogP contribution in [0.1, 0.15) is 39.3 Å². The first kappa shape index (κ1) is 15.8. The van der Waals surface area contributed by atoms with Gasteiger partial charge in [-0.15, -0.1) is 0 Å². The Labute approximate surface area is 126 Å². The predicted octanol–water partition coefficient (Wildman–Crippen LogP) is 2.37. The quantitative estimate of drug-likeness (QED) is 0.758. The second kappa shape index (κ2) is 6.93. The van der Waals surface area contributed by atoms with Crippen molar-refractivity contribution >= 4 is 17.1 Å². The van der Waals surface area contributed by atoms with Crippen molar-refractivity contribution in [2.24, 2.45) is 13.0 Å². The maximum absolute atomic E-state index is 6.06. The average Bonchev–Trinajstić information content (AvgIpc) is 2.88. The summed E-state index contributed by atoms with van der Waals surface area (Å²) >= 11 is 0. The van der Waals surface area contributed by atoms with Gasteiger partial charge in [-0.05, 0) is 18.8 Å². The molecule has 6 heteroatoms. The SMILES string of the molecule is CCCc1nn(C)c2c1nc(N)n2CCCOCC(C)C. The molecule has 0 amide bonds. The summed E-state index contributed by atoms with van der Waals surface area (Å²) in [6.07, 6.45) is 2.92. The molecule has 0 aliphatic carbocycles. The van der Waals surface area contributed by atoms with E-state index in [2.05, 4.69) is 30.9 Å². The number of fused-ring (bicyclic) bond motifs is 1. The van der Waals surface area contributed by atoms with Gasteiger partial charge in [-0.3, -0.25) is 9.25 Å². The normalized spacial score (nSPS) is 11.9. The lowest BCUT2D eigenvalue weighted by Crippen LogP contribution is -2.10.